The zero-order chi connectivity index (χ0) is 18.1. The SMILES string of the molecule is COC(=O)/C=C/c1cccc2c1C(=O)N(C1CCC(=O)NC1=O)C2=O. The van der Waals surface area contributed by atoms with Gasteiger partial charge in [0.15, 0.2) is 0 Å². The van der Waals surface area contributed by atoms with Crippen molar-refractivity contribution in [3.05, 3.63) is 41.0 Å². The molecule has 1 atom stereocenters. The number of carbonyl (C=O) groups is 5. The summed E-state index contributed by atoms with van der Waals surface area (Å²) in [5.74, 6) is -2.92. The van der Waals surface area contributed by atoms with Crippen LogP contribution in [-0.4, -0.2) is 47.6 Å². The molecule has 0 radical (unpaired) electrons. The maximum absolute atomic E-state index is 12.8. The second kappa shape index (κ2) is 6.31. The van der Waals surface area contributed by atoms with Gasteiger partial charge in [-0.2, -0.15) is 0 Å². The number of hydrogen-bond donors (Lipinski definition) is 1. The molecule has 1 fully saturated rings. The number of ether oxygens (including phenoxy) is 1. The molecule has 4 amide bonds. The van der Waals surface area contributed by atoms with E-state index in [0.29, 0.717) is 5.56 Å². The minimum atomic E-state index is -1.03. The van der Waals surface area contributed by atoms with Crippen molar-refractivity contribution in [3.63, 3.8) is 0 Å². The van der Waals surface area contributed by atoms with Gasteiger partial charge in [0.05, 0.1) is 18.2 Å². The third-order valence-electron chi connectivity index (χ3n) is 4.10. The van der Waals surface area contributed by atoms with Gasteiger partial charge in [-0.3, -0.25) is 29.4 Å². The monoisotopic (exact) mass is 342 g/mol. The smallest absolute Gasteiger partial charge is 0.330 e. The molecule has 3 rings (SSSR count). The second-order valence-corrected chi connectivity index (χ2v) is 5.57. The average molecular weight is 342 g/mol. The third-order valence-corrected chi connectivity index (χ3v) is 4.10. The molecule has 0 spiro atoms. The molecular weight excluding hydrogens is 328 g/mol. The Kier molecular flexibility index (Phi) is 4.18. The van der Waals surface area contributed by atoms with Crippen molar-refractivity contribution >= 4 is 35.7 Å². The topological polar surface area (TPSA) is 110 Å². The zero-order valence-corrected chi connectivity index (χ0v) is 13.3. The van der Waals surface area contributed by atoms with Crippen molar-refractivity contribution in [2.24, 2.45) is 0 Å². The van der Waals surface area contributed by atoms with Crippen LogP contribution < -0.4 is 5.32 Å². The lowest BCUT2D eigenvalue weighted by atomic mass is 10.0. The van der Waals surface area contributed by atoms with Crippen LogP contribution in [0.25, 0.3) is 6.08 Å². The number of esters is 1. The molecule has 0 aromatic heterocycles. The third kappa shape index (κ3) is 2.82. The Morgan fingerprint density at radius 2 is 2.00 bits per heavy atom. The Balaban J connectivity index is 1.97. The summed E-state index contributed by atoms with van der Waals surface area (Å²) >= 11 is 0. The minimum Gasteiger partial charge on any atom is -0.466 e. The highest BCUT2D eigenvalue weighted by Crippen LogP contribution is 2.30. The number of piperidine rings is 1. The first-order valence-electron chi connectivity index (χ1n) is 7.54. The van der Waals surface area contributed by atoms with E-state index >= 15 is 0 Å². The highest BCUT2D eigenvalue weighted by Gasteiger charge is 2.45. The van der Waals surface area contributed by atoms with E-state index in [0.717, 1.165) is 11.0 Å². The number of hydrogen-bond acceptors (Lipinski definition) is 6. The molecule has 128 valence electrons. The van der Waals surface area contributed by atoms with Gasteiger partial charge in [0.25, 0.3) is 11.8 Å². The summed E-state index contributed by atoms with van der Waals surface area (Å²) in [7, 11) is 1.22. The Bertz CT molecular complexity index is 842. The van der Waals surface area contributed by atoms with Crippen LogP contribution in [0.4, 0.5) is 0 Å². The van der Waals surface area contributed by atoms with Crippen molar-refractivity contribution in [1.82, 2.24) is 10.2 Å². The number of imide groups is 2. The molecular formula is C17H14N2O6. The number of nitrogens with one attached hydrogen (secondary N) is 1. The molecule has 2 aliphatic rings. The fourth-order valence-electron chi connectivity index (χ4n) is 2.91. The normalized spacial score (nSPS) is 20.0. The molecule has 0 aliphatic carbocycles. The molecule has 0 bridgehead atoms. The maximum atomic E-state index is 12.8. The standard InChI is InChI=1S/C17H14N2O6/c1-25-13(21)8-5-9-3-2-4-10-14(9)17(24)19(16(10)23)11-6-7-12(20)18-15(11)22/h2-5,8,11H,6-7H2,1H3,(H,18,20,22)/b8-5+. The Hall–Kier alpha value is -3.29. The number of fused-ring (bicyclic) bond motifs is 1. The first-order valence-corrected chi connectivity index (χ1v) is 7.54. The summed E-state index contributed by atoms with van der Waals surface area (Å²) in [6.07, 6.45) is 2.66. The molecule has 2 heterocycles. The molecule has 1 aromatic carbocycles. The fraction of sp³-hybridized carbons (Fsp3) is 0.235. The van der Waals surface area contributed by atoms with Gasteiger partial charge in [0.2, 0.25) is 11.8 Å². The summed E-state index contributed by atoms with van der Waals surface area (Å²) in [5.41, 5.74) is 0.648. The molecule has 1 N–H and O–H groups in total. The molecule has 1 unspecified atom stereocenters. The predicted octanol–water partition coefficient (Wildman–Crippen LogP) is 0.274. The average Bonchev–Trinajstić information content (AvgIpc) is 2.85. The van der Waals surface area contributed by atoms with Crippen LogP contribution >= 0.6 is 0 Å². The van der Waals surface area contributed by atoms with Crippen LogP contribution in [0.1, 0.15) is 39.1 Å². The zero-order valence-electron chi connectivity index (χ0n) is 13.3. The maximum Gasteiger partial charge on any atom is 0.330 e. The summed E-state index contributed by atoms with van der Waals surface area (Å²) < 4.78 is 4.51. The van der Waals surface area contributed by atoms with E-state index in [1.165, 1.54) is 19.3 Å². The van der Waals surface area contributed by atoms with Crippen molar-refractivity contribution in [2.75, 3.05) is 7.11 Å². The number of carbonyl (C=O) groups excluding carboxylic acids is 5. The van der Waals surface area contributed by atoms with Gasteiger partial charge in [-0.25, -0.2) is 4.79 Å². The highest BCUT2D eigenvalue weighted by molar-refractivity contribution is 6.24. The van der Waals surface area contributed by atoms with Crippen LogP contribution in [0.2, 0.25) is 0 Å². The fourth-order valence-corrected chi connectivity index (χ4v) is 2.91. The first kappa shape index (κ1) is 16.6. The quantitative estimate of drug-likeness (QED) is 0.480. The van der Waals surface area contributed by atoms with Crippen LogP contribution in [-0.2, 0) is 19.1 Å². The molecule has 1 saturated heterocycles. The summed E-state index contributed by atoms with van der Waals surface area (Å²) in [4.78, 5) is 60.8. The van der Waals surface area contributed by atoms with Gasteiger partial charge >= 0.3 is 5.97 Å². The van der Waals surface area contributed by atoms with Crippen LogP contribution in [0.5, 0.6) is 0 Å². The molecule has 0 saturated carbocycles. The number of benzene rings is 1. The number of methoxy groups -OCH3 is 1. The Labute approximate surface area is 142 Å². The van der Waals surface area contributed by atoms with E-state index in [2.05, 4.69) is 10.1 Å². The molecule has 8 nitrogen and oxygen atoms in total. The van der Waals surface area contributed by atoms with Crippen LogP contribution in [0, 0.1) is 0 Å². The largest absolute Gasteiger partial charge is 0.466 e. The number of rotatable bonds is 3. The lowest BCUT2D eigenvalue weighted by Crippen LogP contribution is -2.54. The second-order valence-electron chi connectivity index (χ2n) is 5.57. The molecule has 1 aromatic rings. The van der Waals surface area contributed by atoms with E-state index in [4.69, 9.17) is 0 Å². The van der Waals surface area contributed by atoms with Crippen LogP contribution in [0.15, 0.2) is 24.3 Å². The van der Waals surface area contributed by atoms with Gasteiger partial charge < -0.3 is 4.74 Å². The Morgan fingerprint density at radius 1 is 1.24 bits per heavy atom. The van der Waals surface area contributed by atoms with E-state index in [1.807, 2.05) is 0 Å². The lowest BCUT2D eigenvalue weighted by Gasteiger charge is -2.27. The van der Waals surface area contributed by atoms with Gasteiger partial charge in [0, 0.05) is 12.5 Å². The van der Waals surface area contributed by atoms with E-state index in [1.54, 1.807) is 12.1 Å². The predicted molar refractivity (Wildman–Crippen MR) is 84.2 cm³/mol. The summed E-state index contributed by atoms with van der Waals surface area (Å²) in [6, 6.07) is 3.62. The van der Waals surface area contributed by atoms with Crippen molar-refractivity contribution < 1.29 is 28.7 Å². The summed E-state index contributed by atoms with van der Waals surface area (Å²) in [6.45, 7) is 0. The summed E-state index contributed by atoms with van der Waals surface area (Å²) in [5, 5.41) is 2.14. The van der Waals surface area contributed by atoms with Gasteiger partial charge in [0.1, 0.15) is 6.04 Å². The number of nitrogens with zero attached hydrogens (tertiary/aromatic N) is 1. The van der Waals surface area contributed by atoms with Gasteiger partial charge in [-0.15, -0.1) is 0 Å². The van der Waals surface area contributed by atoms with Crippen molar-refractivity contribution in [2.45, 2.75) is 18.9 Å². The molecule has 2 aliphatic heterocycles. The van der Waals surface area contributed by atoms with E-state index < -0.39 is 35.6 Å². The van der Waals surface area contributed by atoms with Gasteiger partial charge in [-0.1, -0.05) is 12.1 Å². The highest BCUT2D eigenvalue weighted by atomic mass is 16.5. The van der Waals surface area contributed by atoms with Gasteiger partial charge in [-0.05, 0) is 24.1 Å². The van der Waals surface area contributed by atoms with E-state index in [9.17, 15) is 24.0 Å². The first-order chi connectivity index (χ1) is 11.9. The Morgan fingerprint density at radius 3 is 2.68 bits per heavy atom. The van der Waals surface area contributed by atoms with E-state index in [-0.39, 0.29) is 24.0 Å². The van der Waals surface area contributed by atoms with Crippen molar-refractivity contribution in [3.8, 4) is 0 Å². The molecule has 8 heteroatoms. The molecule has 25 heavy (non-hydrogen) atoms. The minimum absolute atomic E-state index is 0.0545. The lowest BCUT2D eigenvalue weighted by molar-refractivity contribution is -0.136. The van der Waals surface area contributed by atoms with Crippen LogP contribution in [0.3, 0.4) is 0 Å². The van der Waals surface area contributed by atoms with Crippen molar-refractivity contribution in [1.29, 1.82) is 0 Å². The number of amides is 4.